The normalized spacial score (nSPS) is 19.3. The van der Waals surface area contributed by atoms with E-state index in [1.54, 1.807) is 6.20 Å². The van der Waals surface area contributed by atoms with Crippen LogP contribution in [0.3, 0.4) is 0 Å². The van der Waals surface area contributed by atoms with Crippen LogP contribution < -0.4 is 5.32 Å². The number of aliphatic hydroxyl groups is 1. The smallest absolute Gasteiger partial charge is 0.166 e. The van der Waals surface area contributed by atoms with E-state index < -0.39 is 11.4 Å². The molecular weight excluding hydrogens is 299 g/mol. The minimum Gasteiger partial charge on any atom is -0.388 e. The molecule has 0 amide bonds. The second-order valence-electron chi connectivity index (χ2n) is 4.98. The third kappa shape index (κ3) is 3.65. The maximum absolute atomic E-state index is 13.6. The summed E-state index contributed by atoms with van der Waals surface area (Å²) in [5.41, 5.74) is -0.725. The SMILES string of the molecule is OC1(CNc2ncc(Br)cc2F)CCCCCC1. The van der Waals surface area contributed by atoms with Gasteiger partial charge in [0.05, 0.1) is 5.60 Å². The molecule has 2 rings (SSSR count). The maximum Gasteiger partial charge on any atom is 0.166 e. The molecule has 0 bridgehead atoms. The van der Waals surface area contributed by atoms with E-state index in [0.717, 1.165) is 25.7 Å². The van der Waals surface area contributed by atoms with E-state index in [4.69, 9.17) is 0 Å². The molecule has 5 heteroatoms. The van der Waals surface area contributed by atoms with Gasteiger partial charge < -0.3 is 10.4 Å². The molecule has 0 aliphatic heterocycles. The van der Waals surface area contributed by atoms with Gasteiger partial charge in [-0.3, -0.25) is 0 Å². The molecule has 0 unspecified atom stereocenters. The molecule has 1 aromatic rings. The fraction of sp³-hybridized carbons (Fsp3) is 0.615. The summed E-state index contributed by atoms with van der Waals surface area (Å²) in [6.07, 6.45) is 7.52. The quantitative estimate of drug-likeness (QED) is 0.839. The van der Waals surface area contributed by atoms with Crippen LogP contribution in [0.15, 0.2) is 16.7 Å². The lowest BCUT2D eigenvalue weighted by Crippen LogP contribution is -2.36. The van der Waals surface area contributed by atoms with Crippen LogP contribution in [0.25, 0.3) is 0 Å². The highest BCUT2D eigenvalue weighted by molar-refractivity contribution is 9.10. The molecule has 2 N–H and O–H groups in total. The summed E-state index contributed by atoms with van der Waals surface area (Å²) in [7, 11) is 0. The van der Waals surface area contributed by atoms with Crippen molar-refractivity contribution in [3.05, 3.63) is 22.6 Å². The first-order chi connectivity index (χ1) is 8.59. The number of hydrogen-bond acceptors (Lipinski definition) is 3. The van der Waals surface area contributed by atoms with E-state index in [1.165, 1.54) is 18.9 Å². The summed E-state index contributed by atoms with van der Waals surface area (Å²) in [6, 6.07) is 1.37. The fourth-order valence-electron chi connectivity index (χ4n) is 2.36. The molecule has 0 atom stereocenters. The zero-order valence-electron chi connectivity index (χ0n) is 10.3. The largest absolute Gasteiger partial charge is 0.388 e. The summed E-state index contributed by atoms with van der Waals surface area (Å²) in [6.45, 7) is 0.360. The van der Waals surface area contributed by atoms with Crippen molar-refractivity contribution in [3.8, 4) is 0 Å². The summed E-state index contributed by atoms with van der Waals surface area (Å²) in [4.78, 5) is 3.97. The molecule has 3 nitrogen and oxygen atoms in total. The summed E-state index contributed by atoms with van der Waals surface area (Å²) in [5, 5.41) is 13.4. The zero-order chi connectivity index (χ0) is 13.0. The van der Waals surface area contributed by atoms with E-state index in [0.29, 0.717) is 11.0 Å². The Bertz CT molecular complexity index is 406. The highest BCUT2D eigenvalue weighted by Gasteiger charge is 2.28. The minimum absolute atomic E-state index is 0.205. The van der Waals surface area contributed by atoms with Crippen LogP contribution in [0, 0.1) is 5.82 Å². The number of nitrogens with zero attached hydrogens (tertiary/aromatic N) is 1. The van der Waals surface area contributed by atoms with Gasteiger partial charge >= 0.3 is 0 Å². The predicted molar refractivity (Wildman–Crippen MR) is 73.0 cm³/mol. The average Bonchev–Trinajstić information content (AvgIpc) is 2.54. The molecule has 100 valence electrons. The standard InChI is InChI=1S/C13H18BrFN2O/c14-10-7-11(15)12(16-8-10)17-9-13(18)5-3-1-2-4-6-13/h7-8,18H,1-6,9H2,(H,16,17). The molecule has 1 aliphatic rings. The van der Waals surface area contributed by atoms with Crippen molar-refractivity contribution < 1.29 is 9.50 Å². The Morgan fingerprint density at radius 3 is 2.61 bits per heavy atom. The van der Waals surface area contributed by atoms with Crippen LogP contribution in [0.4, 0.5) is 10.2 Å². The van der Waals surface area contributed by atoms with Gasteiger partial charge in [-0.05, 0) is 34.8 Å². The van der Waals surface area contributed by atoms with Crippen LogP contribution in [0.2, 0.25) is 0 Å². The molecular formula is C13H18BrFN2O. The van der Waals surface area contributed by atoms with Crippen LogP contribution in [-0.4, -0.2) is 22.2 Å². The Morgan fingerprint density at radius 2 is 2.00 bits per heavy atom. The average molecular weight is 317 g/mol. The molecule has 1 heterocycles. The van der Waals surface area contributed by atoms with Gasteiger partial charge in [-0.1, -0.05) is 25.7 Å². The highest BCUT2D eigenvalue weighted by Crippen LogP contribution is 2.27. The Balaban J connectivity index is 1.97. The Hall–Kier alpha value is -0.680. The topological polar surface area (TPSA) is 45.1 Å². The van der Waals surface area contributed by atoms with Crippen molar-refractivity contribution in [2.75, 3.05) is 11.9 Å². The van der Waals surface area contributed by atoms with E-state index in [2.05, 4.69) is 26.2 Å². The van der Waals surface area contributed by atoms with Crippen LogP contribution >= 0.6 is 15.9 Å². The van der Waals surface area contributed by atoms with Gasteiger partial charge in [-0.2, -0.15) is 0 Å². The molecule has 0 saturated heterocycles. The molecule has 1 aromatic heterocycles. The maximum atomic E-state index is 13.6. The number of anilines is 1. The van der Waals surface area contributed by atoms with E-state index in [1.807, 2.05) is 0 Å². The van der Waals surface area contributed by atoms with E-state index in [-0.39, 0.29) is 5.82 Å². The van der Waals surface area contributed by atoms with E-state index in [9.17, 15) is 9.50 Å². The third-order valence-corrected chi connectivity index (χ3v) is 3.86. The molecule has 1 fully saturated rings. The minimum atomic E-state index is -0.725. The molecule has 1 saturated carbocycles. The van der Waals surface area contributed by atoms with Crippen LogP contribution in [0.5, 0.6) is 0 Å². The summed E-state index contributed by atoms with van der Waals surface area (Å²) < 4.78 is 14.2. The third-order valence-electron chi connectivity index (χ3n) is 3.43. The van der Waals surface area contributed by atoms with Crippen molar-refractivity contribution in [3.63, 3.8) is 0 Å². The van der Waals surface area contributed by atoms with E-state index >= 15 is 0 Å². The molecule has 1 aliphatic carbocycles. The monoisotopic (exact) mass is 316 g/mol. The van der Waals surface area contributed by atoms with Crippen LogP contribution in [0.1, 0.15) is 38.5 Å². The summed E-state index contributed by atoms with van der Waals surface area (Å²) >= 11 is 3.17. The van der Waals surface area contributed by atoms with Crippen molar-refractivity contribution in [1.29, 1.82) is 0 Å². The van der Waals surface area contributed by atoms with Crippen molar-refractivity contribution >= 4 is 21.7 Å². The van der Waals surface area contributed by atoms with Gasteiger partial charge in [0.15, 0.2) is 11.6 Å². The van der Waals surface area contributed by atoms with Gasteiger partial charge in [0.25, 0.3) is 0 Å². The summed E-state index contributed by atoms with van der Waals surface area (Å²) in [5.74, 6) is -0.197. The molecule has 0 radical (unpaired) electrons. The number of pyridine rings is 1. The lowest BCUT2D eigenvalue weighted by atomic mass is 9.94. The van der Waals surface area contributed by atoms with Gasteiger partial charge in [0.1, 0.15) is 0 Å². The van der Waals surface area contributed by atoms with Crippen molar-refractivity contribution in [2.24, 2.45) is 0 Å². The predicted octanol–water partition coefficient (Wildman–Crippen LogP) is 3.48. The Kier molecular flexibility index (Phi) is 4.56. The number of hydrogen-bond donors (Lipinski definition) is 2. The van der Waals surface area contributed by atoms with Gasteiger partial charge in [0, 0.05) is 17.2 Å². The van der Waals surface area contributed by atoms with Gasteiger partial charge in [-0.25, -0.2) is 9.37 Å². The second-order valence-corrected chi connectivity index (χ2v) is 5.89. The first kappa shape index (κ1) is 13.7. The molecule has 18 heavy (non-hydrogen) atoms. The zero-order valence-corrected chi connectivity index (χ0v) is 11.8. The molecule has 0 spiro atoms. The number of nitrogens with one attached hydrogen (secondary N) is 1. The van der Waals surface area contributed by atoms with Crippen molar-refractivity contribution in [1.82, 2.24) is 4.98 Å². The Morgan fingerprint density at radius 1 is 1.33 bits per heavy atom. The van der Waals surface area contributed by atoms with Crippen molar-refractivity contribution in [2.45, 2.75) is 44.1 Å². The van der Waals surface area contributed by atoms with Gasteiger partial charge in [-0.15, -0.1) is 0 Å². The first-order valence-corrected chi connectivity index (χ1v) is 7.16. The lowest BCUT2D eigenvalue weighted by Gasteiger charge is -2.27. The van der Waals surface area contributed by atoms with Crippen LogP contribution in [-0.2, 0) is 0 Å². The van der Waals surface area contributed by atoms with Gasteiger partial charge in [0.2, 0.25) is 0 Å². The first-order valence-electron chi connectivity index (χ1n) is 6.36. The Labute approximate surface area is 115 Å². The number of aromatic nitrogens is 1. The number of rotatable bonds is 3. The highest BCUT2D eigenvalue weighted by atomic mass is 79.9. The number of halogens is 2. The molecule has 0 aromatic carbocycles. The second kappa shape index (κ2) is 5.97. The fourth-order valence-corrected chi connectivity index (χ4v) is 2.66. The lowest BCUT2D eigenvalue weighted by molar-refractivity contribution is 0.0380.